The molecule has 0 fully saturated rings. The number of aromatic nitrogens is 1. The van der Waals surface area contributed by atoms with E-state index >= 15 is 0 Å². The highest BCUT2D eigenvalue weighted by molar-refractivity contribution is 6.35. The van der Waals surface area contributed by atoms with Gasteiger partial charge in [0.1, 0.15) is 0 Å². The summed E-state index contributed by atoms with van der Waals surface area (Å²) < 4.78 is 0. The first-order valence-electron chi connectivity index (χ1n) is 6.51. The average molecular weight is 263 g/mol. The van der Waals surface area contributed by atoms with Crippen molar-refractivity contribution in [2.24, 2.45) is 0 Å². The van der Waals surface area contributed by atoms with Gasteiger partial charge < -0.3 is 5.32 Å². The van der Waals surface area contributed by atoms with Gasteiger partial charge in [-0.1, -0.05) is 31.5 Å². The van der Waals surface area contributed by atoms with Crippen LogP contribution in [-0.4, -0.2) is 11.0 Å². The number of fused-ring (bicyclic) bond motifs is 1. The third-order valence-electron chi connectivity index (χ3n) is 3.37. The number of hydrogen-bond acceptors (Lipinski definition) is 2. The average Bonchev–Trinajstić information content (AvgIpc) is 2.42. The van der Waals surface area contributed by atoms with Gasteiger partial charge in [0, 0.05) is 29.2 Å². The third-order valence-corrected chi connectivity index (χ3v) is 3.70. The van der Waals surface area contributed by atoms with E-state index in [4.69, 9.17) is 11.6 Å². The van der Waals surface area contributed by atoms with Gasteiger partial charge in [-0.25, -0.2) is 0 Å². The molecule has 96 valence electrons. The Kier molecular flexibility index (Phi) is 4.56. The fraction of sp³-hybridized carbons (Fsp3) is 0.400. The summed E-state index contributed by atoms with van der Waals surface area (Å²) in [6.07, 6.45) is 4.12. The maximum Gasteiger partial charge on any atom is 0.0761 e. The van der Waals surface area contributed by atoms with Crippen LogP contribution in [0.2, 0.25) is 5.02 Å². The Labute approximate surface area is 113 Å². The summed E-state index contributed by atoms with van der Waals surface area (Å²) in [4.78, 5) is 4.45. The van der Waals surface area contributed by atoms with E-state index in [-0.39, 0.29) is 0 Å². The van der Waals surface area contributed by atoms with Crippen LogP contribution in [0.25, 0.3) is 10.9 Å². The molecule has 0 aliphatic heterocycles. The van der Waals surface area contributed by atoms with Gasteiger partial charge in [-0.05, 0) is 36.6 Å². The van der Waals surface area contributed by atoms with Crippen LogP contribution >= 0.6 is 11.6 Å². The lowest BCUT2D eigenvalue weighted by Crippen LogP contribution is -2.27. The molecule has 0 aliphatic rings. The van der Waals surface area contributed by atoms with Crippen LogP contribution in [0.15, 0.2) is 30.5 Å². The molecule has 0 amide bonds. The molecule has 1 aromatic heterocycles. The van der Waals surface area contributed by atoms with Gasteiger partial charge >= 0.3 is 0 Å². The Bertz CT molecular complexity index is 521. The normalized spacial score (nSPS) is 11.3. The summed E-state index contributed by atoms with van der Waals surface area (Å²) in [6, 6.07) is 8.53. The van der Waals surface area contributed by atoms with Crippen molar-refractivity contribution in [3.8, 4) is 0 Å². The molecule has 2 aromatic rings. The van der Waals surface area contributed by atoms with Crippen LogP contribution in [0.1, 0.15) is 32.3 Å². The molecule has 1 N–H and O–H groups in total. The second kappa shape index (κ2) is 6.17. The number of pyridine rings is 1. The maximum atomic E-state index is 6.19. The molecular formula is C15H19ClN2. The minimum Gasteiger partial charge on any atom is -0.310 e. The number of benzene rings is 1. The van der Waals surface area contributed by atoms with E-state index in [1.165, 1.54) is 5.56 Å². The molecule has 0 radical (unpaired) electrons. The standard InChI is InChI=1S/C15H19ClN2/c1-3-12(4-2)18-10-11-7-8-14(16)13-6-5-9-17-15(11)13/h5-9,12,18H,3-4,10H2,1-2H3. The zero-order chi connectivity index (χ0) is 13.0. The van der Waals surface area contributed by atoms with Crippen molar-refractivity contribution in [1.29, 1.82) is 0 Å². The lowest BCUT2D eigenvalue weighted by atomic mass is 10.1. The molecule has 0 atom stereocenters. The predicted molar refractivity (Wildman–Crippen MR) is 78.0 cm³/mol. The van der Waals surface area contributed by atoms with Crippen LogP contribution in [-0.2, 0) is 6.54 Å². The molecule has 0 unspecified atom stereocenters. The summed E-state index contributed by atoms with van der Waals surface area (Å²) in [5, 5.41) is 5.36. The Balaban J connectivity index is 2.26. The molecule has 1 aromatic carbocycles. The number of nitrogens with zero attached hydrogens (tertiary/aromatic N) is 1. The van der Waals surface area contributed by atoms with Crippen molar-refractivity contribution in [1.82, 2.24) is 10.3 Å². The van der Waals surface area contributed by atoms with Crippen LogP contribution in [0.3, 0.4) is 0 Å². The summed E-state index contributed by atoms with van der Waals surface area (Å²) in [5.74, 6) is 0. The predicted octanol–water partition coefficient (Wildman–Crippen LogP) is 4.17. The lowest BCUT2D eigenvalue weighted by Gasteiger charge is -2.15. The maximum absolute atomic E-state index is 6.19. The van der Waals surface area contributed by atoms with E-state index in [0.29, 0.717) is 6.04 Å². The Morgan fingerprint density at radius 3 is 2.72 bits per heavy atom. The smallest absolute Gasteiger partial charge is 0.0761 e. The number of rotatable bonds is 5. The van der Waals surface area contributed by atoms with Crippen LogP contribution in [0, 0.1) is 0 Å². The summed E-state index contributed by atoms with van der Waals surface area (Å²) in [7, 11) is 0. The van der Waals surface area contributed by atoms with Gasteiger partial charge in [0.15, 0.2) is 0 Å². The van der Waals surface area contributed by atoms with Gasteiger partial charge in [-0.2, -0.15) is 0 Å². The Morgan fingerprint density at radius 1 is 1.22 bits per heavy atom. The molecule has 3 heteroatoms. The molecule has 2 nitrogen and oxygen atoms in total. The van der Waals surface area contributed by atoms with Gasteiger partial charge in [0.25, 0.3) is 0 Å². The highest BCUT2D eigenvalue weighted by atomic mass is 35.5. The van der Waals surface area contributed by atoms with Crippen molar-refractivity contribution >= 4 is 22.5 Å². The van der Waals surface area contributed by atoms with E-state index in [2.05, 4.69) is 30.2 Å². The second-order valence-corrected chi connectivity index (χ2v) is 4.91. The zero-order valence-corrected chi connectivity index (χ0v) is 11.7. The first-order chi connectivity index (χ1) is 8.76. The van der Waals surface area contributed by atoms with Crippen molar-refractivity contribution in [2.75, 3.05) is 0 Å². The quantitative estimate of drug-likeness (QED) is 0.875. The van der Waals surface area contributed by atoms with E-state index < -0.39 is 0 Å². The number of halogens is 1. The third kappa shape index (κ3) is 2.82. The van der Waals surface area contributed by atoms with Crippen molar-refractivity contribution in [3.05, 3.63) is 41.0 Å². The molecule has 0 bridgehead atoms. The van der Waals surface area contributed by atoms with E-state index in [0.717, 1.165) is 35.3 Å². The monoisotopic (exact) mass is 262 g/mol. The second-order valence-electron chi connectivity index (χ2n) is 4.50. The highest BCUT2D eigenvalue weighted by Gasteiger charge is 2.07. The van der Waals surface area contributed by atoms with Gasteiger partial charge in [-0.3, -0.25) is 4.98 Å². The van der Waals surface area contributed by atoms with E-state index in [9.17, 15) is 0 Å². The minimum absolute atomic E-state index is 0.569. The van der Waals surface area contributed by atoms with Crippen molar-refractivity contribution in [3.63, 3.8) is 0 Å². The van der Waals surface area contributed by atoms with Gasteiger partial charge in [0.05, 0.1) is 5.52 Å². The number of nitrogens with one attached hydrogen (secondary N) is 1. The first kappa shape index (κ1) is 13.3. The van der Waals surface area contributed by atoms with Crippen LogP contribution in [0.4, 0.5) is 0 Å². The molecule has 0 saturated heterocycles. The molecule has 2 rings (SSSR count). The van der Waals surface area contributed by atoms with E-state index in [1.807, 2.05) is 24.4 Å². The fourth-order valence-electron chi connectivity index (χ4n) is 2.17. The number of hydrogen-bond donors (Lipinski definition) is 1. The fourth-order valence-corrected chi connectivity index (χ4v) is 2.39. The zero-order valence-electron chi connectivity index (χ0n) is 10.9. The summed E-state index contributed by atoms with van der Waals surface area (Å²) >= 11 is 6.19. The van der Waals surface area contributed by atoms with Gasteiger partial charge in [-0.15, -0.1) is 0 Å². The topological polar surface area (TPSA) is 24.9 Å². The minimum atomic E-state index is 0.569. The highest BCUT2D eigenvalue weighted by Crippen LogP contribution is 2.24. The van der Waals surface area contributed by atoms with Crippen molar-refractivity contribution in [2.45, 2.75) is 39.3 Å². The Morgan fingerprint density at radius 2 is 2.00 bits per heavy atom. The lowest BCUT2D eigenvalue weighted by molar-refractivity contribution is 0.485. The molecule has 18 heavy (non-hydrogen) atoms. The van der Waals surface area contributed by atoms with Crippen LogP contribution < -0.4 is 5.32 Å². The van der Waals surface area contributed by atoms with Gasteiger partial charge in [0.2, 0.25) is 0 Å². The SMILES string of the molecule is CCC(CC)NCc1ccc(Cl)c2cccnc12. The van der Waals surface area contributed by atoms with Crippen molar-refractivity contribution < 1.29 is 0 Å². The molecule has 0 saturated carbocycles. The van der Waals surface area contributed by atoms with E-state index in [1.54, 1.807) is 0 Å². The van der Waals surface area contributed by atoms with Crippen LogP contribution in [0.5, 0.6) is 0 Å². The summed E-state index contributed by atoms with van der Waals surface area (Å²) in [6.45, 7) is 5.26. The molecule has 0 spiro atoms. The largest absolute Gasteiger partial charge is 0.310 e. The Hall–Kier alpha value is -1.12. The molecular weight excluding hydrogens is 244 g/mol. The first-order valence-corrected chi connectivity index (χ1v) is 6.89. The molecule has 1 heterocycles. The molecule has 0 aliphatic carbocycles. The summed E-state index contributed by atoms with van der Waals surface area (Å²) in [5.41, 5.74) is 2.21.